The van der Waals surface area contributed by atoms with Gasteiger partial charge in [0.15, 0.2) is 0 Å². The van der Waals surface area contributed by atoms with Crippen molar-refractivity contribution in [3.05, 3.63) is 69.8 Å². The van der Waals surface area contributed by atoms with Crippen LogP contribution in [0.2, 0.25) is 0 Å². The van der Waals surface area contributed by atoms with Crippen molar-refractivity contribution in [3.8, 4) is 0 Å². The summed E-state index contributed by atoms with van der Waals surface area (Å²) in [6, 6.07) is 10.9. The average Bonchev–Trinajstić information content (AvgIpc) is 3.13. The van der Waals surface area contributed by atoms with E-state index in [9.17, 15) is 24.0 Å². The van der Waals surface area contributed by atoms with Gasteiger partial charge < -0.3 is 34.1 Å². The summed E-state index contributed by atoms with van der Waals surface area (Å²) in [7, 11) is 2.73. The first-order chi connectivity index (χ1) is 26.7. The number of likely N-dealkylation sites (tertiary alicyclic amines) is 3. The summed E-state index contributed by atoms with van der Waals surface area (Å²) in [5, 5.41) is 3.32. The molecule has 2 spiro atoms. The van der Waals surface area contributed by atoms with Gasteiger partial charge in [0.25, 0.3) is 0 Å². The molecule has 0 aromatic heterocycles. The average molecular weight is 793 g/mol. The summed E-state index contributed by atoms with van der Waals surface area (Å²) in [5.41, 5.74) is 4.39. The Bertz CT molecular complexity index is 1730. The van der Waals surface area contributed by atoms with Gasteiger partial charge in [0.2, 0.25) is 0 Å². The molecule has 2 aromatic carbocycles. The number of aldehydes is 1. The molecule has 1 N–H and O–H groups in total. The third-order valence-corrected chi connectivity index (χ3v) is 11.0. The van der Waals surface area contributed by atoms with Crippen LogP contribution in [-0.2, 0) is 25.5 Å². The second-order valence-corrected chi connectivity index (χ2v) is 18.0. The maximum absolute atomic E-state index is 12.2. The lowest BCUT2D eigenvalue weighted by molar-refractivity contribution is -0.0551. The number of carbonyl (C=O) groups is 5. The van der Waals surface area contributed by atoms with Crippen molar-refractivity contribution in [2.45, 2.75) is 98.8 Å². The Balaban J connectivity index is 0.000000209. The van der Waals surface area contributed by atoms with Gasteiger partial charge in [0.05, 0.1) is 25.3 Å². The van der Waals surface area contributed by atoms with E-state index in [0.717, 1.165) is 101 Å². The molecule has 2 amide bonds. The number of amides is 2. The number of carbonyl (C=O) groups excluding carboxylic acids is 5. The third kappa shape index (κ3) is 12.8. The quantitative estimate of drug-likeness (QED) is 0.194. The van der Waals surface area contributed by atoms with Crippen LogP contribution in [0.3, 0.4) is 0 Å². The van der Waals surface area contributed by atoms with Gasteiger partial charge >= 0.3 is 24.1 Å². The molecule has 0 radical (unpaired) electrons. The fraction of sp³-hybridized carbons (Fsp3) is 0.614. The first-order valence-corrected chi connectivity index (χ1v) is 19.9. The molecule has 13 heteroatoms. The van der Waals surface area contributed by atoms with E-state index in [1.807, 2.05) is 70.4 Å². The van der Waals surface area contributed by atoms with Crippen molar-refractivity contribution in [2.75, 3.05) is 66.6 Å². The number of rotatable bonds is 5. The molecule has 0 saturated carbocycles. The highest BCUT2D eigenvalue weighted by molar-refractivity contribution is 5.93. The number of aryl methyl sites for hydroxylation is 2. The molecular formula is C44H64N4O9. The van der Waals surface area contributed by atoms with Gasteiger partial charge in [-0.2, -0.15) is 0 Å². The topological polar surface area (TPSA) is 144 Å². The van der Waals surface area contributed by atoms with Crippen LogP contribution >= 0.6 is 0 Å². The van der Waals surface area contributed by atoms with E-state index < -0.39 is 11.6 Å². The lowest BCUT2D eigenvalue weighted by Crippen LogP contribution is -2.60. The Morgan fingerprint density at radius 3 is 1.53 bits per heavy atom. The van der Waals surface area contributed by atoms with Crippen LogP contribution in [0.15, 0.2) is 36.4 Å². The van der Waals surface area contributed by atoms with Crippen LogP contribution in [0.25, 0.3) is 0 Å². The van der Waals surface area contributed by atoms with Gasteiger partial charge in [-0.3, -0.25) is 9.69 Å². The van der Waals surface area contributed by atoms with Gasteiger partial charge in [-0.1, -0.05) is 24.3 Å². The van der Waals surface area contributed by atoms with Gasteiger partial charge in [-0.05, 0) is 121 Å². The molecule has 0 atom stereocenters. The first kappa shape index (κ1) is 45.2. The molecule has 13 nitrogen and oxygen atoms in total. The van der Waals surface area contributed by atoms with E-state index >= 15 is 0 Å². The molecule has 4 fully saturated rings. The third-order valence-electron chi connectivity index (χ3n) is 11.0. The molecule has 4 saturated heterocycles. The summed E-state index contributed by atoms with van der Waals surface area (Å²) in [4.78, 5) is 63.6. The Kier molecular flexibility index (Phi) is 14.9. The Hall–Kier alpha value is -4.49. The highest BCUT2D eigenvalue weighted by Gasteiger charge is 2.46. The van der Waals surface area contributed by atoms with Gasteiger partial charge in [0.1, 0.15) is 17.5 Å². The highest BCUT2D eigenvalue weighted by Crippen LogP contribution is 2.41. The van der Waals surface area contributed by atoms with Crippen molar-refractivity contribution in [2.24, 2.45) is 10.8 Å². The summed E-state index contributed by atoms with van der Waals surface area (Å²) >= 11 is 0. The number of piperidine rings is 2. The number of hydrogen-bond donors (Lipinski definition) is 1. The second kappa shape index (κ2) is 18.8. The van der Waals surface area contributed by atoms with E-state index in [2.05, 4.69) is 21.0 Å². The fourth-order valence-corrected chi connectivity index (χ4v) is 7.54. The van der Waals surface area contributed by atoms with Crippen LogP contribution in [0.1, 0.15) is 115 Å². The van der Waals surface area contributed by atoms with Crippen molar-refractivity contribution in [1.29, 1.82) is 0 Å². The number of nitrogens with zero attached hydrogens (tertiary/aromatic N) is 3. The normalized spacial score (nSPS) is 18.4. The van der Waals surface area contributed by atoms with Crippen molar-refractivity contribution < 1.29 is 42.9 Å². The minimum Gasteiger partial charge on any atom is -0.465 e. The molecule has 4 heterocycles. The molecule has 57 heavy (non-hydrogen) atoms. The minimum atomic E-state index is -0.448. The lowest BCUT2D eigenvalue weighted by atomic mass is 9.72. The first-order valence-electron chi connectivity index (χ1n) is 19.9. The predicted molar refractivity (Wildman–Crippen MR) is 218 cm³/mol. The van der Waals surface area contributed by atoms with Crippen LogP contribution in [-0.4, -0.2) is 123 Å². The smallest absolute Gasteiger partial charge is 0.410 e. The molecule has 0 bridgehead atoms. The zero-order valence-corrected chi connectivity index (χ0v) is 35.7. The molecule has 0 unspecified atom stereocenters. The molecule has 6 rings (SSSR count). The number of nitrogens with one attached hydrogen (secondary N) is 1. The fourth-order valence-electron chi connectivity index (χ4n) is 7.54. The standard InChI is InChI=1S/C22H32N2O4.C12H22N2O2.C10H10O3/c1-16-6-7-17(12-18(16)19(25)27-5)13-23-14-22(15-23)8-10-24(11-9-22)20(26)28-21(2,3)4;1-11(2,3)16-10(15)14-6-4-12(5-7-14)8-13-9-12;1-7-3-4-8(6-11)5-9(7)10(12)13-2/h6-7,12H,8-11,13-15H2,1-5H3;13H,4-9H2,1-3H3;3-6H,1-2H3. The number of hydrogen-bond acceptors (Lipinski definition) is 11. The van der Waals surface area contributed by atoms with Crippen LogP contribution in [0, 0.1) is 24.7 Å². The lowest BCUT2D eigenvalue weighted by Gasteiger charge is -2.54. The molecule has 4 aliphatic rings. The Morgan fingerprint density at radius 2 is 1.12 bits per heavy atom. The summed E-state index contributed by atoms with van der Waals surface area (Å²) in [6.07, 6.45) is 4.60. The number of benzene rings is 2. The molecule has 0 aliphatic carbocycles. The van der Waals surface area contributed by atoms with E-state index in [0.29, 0.717) is 33.8 Å². The maximum atomic E-state index is 12.2. The minimum absolute atomic E-state index is 0.158. The zero-order valence-electron chi connectivity index (χ0n) is 35.7. The SMILES string of the molecule is CC(C)(C)OC(=O)N1CCC2(CC1)CNC2.COC(=O)c1cc(C=O)ccc1C.COC(=O)c1cc(CN2CC3(CCN(C(=O)OC(C)(C)C)CC3)C2)ccc1C. The van der Waals surface area contributed by atoms with Crippen molar-refractivity contribution in [3.63, 3.8) is 0 Å². The largest absolute Gasteiger partial charge is 0.465 e. The van der Waals surface area contributed by atoms with Crippen molar-refractivity contribution in [1.82, 2.24) is 20.0 Å². The number of ether oxygens (including phenoxy) is 4. The molecule has 4 aliphatic heterocycles. The van der Waals surface area contributed by atoms with Gasteiger partial charge in [-0.25, -0.2) is 19.2 Å². The van der Waals surface area contributed by atoms with Crippen molar-refractivity contribution >= 4 is 30.4 Å². The van der Waals surface area contributed by atoms with E-state index in [1.165, 1.54) is 20.3 Å². The van der Waals surface area contributed by atoms with E-state index in [-0.39, 0.29) is 23.8 Å². The number of methoxy groups -OCH3 is 2. The maximum Gasteiger partial charge on any atom is 0.410 e. The van der Waals surface area contributed by atoms with Crippen LogP contribution in [0.4, 0.5) is 9.59 Å². The Labute approximate surface area is 338 Å². The summed E-state index contributed by atoms with van der Waals surface area (Å²) < 4.78 is 20.3. The predicted octanol–water partition coefficient (Wildman–Crippen LogP) is 6.82. The van der Waals surface area contributed by atoms with Gasteiger partial charge in [-0.15, -0.1) is 0 Å². The van der Waals surface area contributed by atoms with E-state index in [1.54, 1.807) is 19.1 Å². The van der Waals surface area contributed by atoms with Crippen LogP contribution in [0.5, 0.6) is 0 Å². The summed E-state index contributed by atoms with van der Waals surface area (Å²) in [5.74, 6) is -0.699. The summed E-state index contributed by atoms with van der Waals surface area (Å²) in [6.45, 7) is 23.5. The highest BCUT2D eigenvalue weighted by atomic mass is 16.6. The van der Waals surface area contributed by atoms with E-state index in [4.69, 9.17) is 14.2 Å². The van der Waals surface area contributed by atoms with Crippen LogP contribution < -0.4 is 5.32 Å². The zero-order chi connectivity index (χ0) is 42.2. The van der Waals surface area contributed by atoms with Gasteiger partial charge in [0, 0.05) is 64.5 Å². The molecular weight excluding hydrogens is 729 g/mol. The second-order valence-electron chi connectivity index (χ2n) is 18.0. The molecule has 314 valence electrons. The monoisotopic (exact) mass is 792 g/mol. The number of esters is 2. The molecule has 2 aromatic rings. The Morgan fingerprint density at radius 1 is 0.684 bits per heavy atom.